The van der Waals surface area contributed by atoms with E-state index in [1.165, 1.54) is 55.6 Å². The van der Waals surface area contributed by atoms with Gasteiger partial charge in [0.1, 0.15) is 5.58 Å². The van der Waals surface area contributed by atoms with E-state index in [9.17, 15) is 0 Å². The van der Waals surface area contributed by atoms with Gasteiger partial charge in [-0.3, -0.25) is 0 Å². The fraction of sp³-hybridized carbons (Fsp3) is 0.0588. The smallest absolute Gasteiger partial charge is 0.159 e. The first-order valence-corrected chi connectivity index (χ1v) is 18.4. The first-order valence-electron chi connectivity index (χ1n) is 18.4. The maximum atomic E-state index is 7.13. The van der Waals surface area contributed by atoms with Gasteiger partial charge in [0, 0.05) is 33.1 Å². The lowest BCUT2D eigenvalue weighted by Gasteiger charge is -2.26. The lowest BCUT2D eigenvalue weighted by atomic mass is 9.81. The quantitative estimate of drug-likeness (QED) is 0.174. The van der Waals surface area contributed by atoms with E-state index in [-0.39, 0.29) is 5.41 Å². The van der Waals surface area contributed by atoms with Gasteiger partial charge in [0.05, 0.1) is 5.69 Å². The van der Waals surface area contributed by atoms with Crippen LogP contribution in [-0.2, 0) is 5.41 Å². The minimum Gasteiger partial charge on any atom is -0.454 e. The number of anilines is 3. The van der Waals surface area contributed by atoms with Crippen LogP contribution in [0.5, 0.6) is 0 Å². The number of hydrogen-bond acceptors (Lipinski definition) is 2. The summed E-state index contributed by atoms with van der Waals surface area (Å²) in [5, 5.41) is 2.26. The average molecular weight is 680 g/mol. The van der Waals surface area contributed by atoms with Crippen LogP contribution in [0.4, 0.5) is 17.1 Å². The summed E-state index contributed by atoms with van der Waals surface area (Å²) >= 11 is 0. The number of furan rings is 1. The third-order valence-corrected chi connectivity index (χ3v) is 11.1. The Balaban J connectivity index is 1.22. The molecule has 1 aliphatic carbocycles. The van der Waals surface area contributed by atoms with Crippen molar-refractivity contribution in [2.24, 2.45) is 0 Å². The van der Waals surface area contributed by atoms with Crippen molar-refractivity contribution in [3.05, 3.63) is 199 Å². The fourth-order valence-electron chi connectivity index (χ4n) is 8.47. The molecular formula is C51H37NO. The topological polar surface area (TPSA) is 16.4 Å². The van der Waals surface area contributed by atoms with E-state index in [0.29, 0.717) is 0 Å². The van der Waals surface area contributed by atoms with Crippen LogP contribution < -0.4 is 4.90 Å². The third-order valence-electron chi connectivity index (χ3n) is 11.1. The standard InChI is InChI=1S/C51H37NO/c1-51(2)43-23-13-12-21-41(43)48-44(51)33-46-49(47(48)38-19-10-5-11-20-38)42-22-14-24-45(50(42)53-46)52(39-29-25-36(26-30-39)34-15-6-3-7-16-34)40-31-27-37(28-32-40)35-17-8-4-9-18-35/h3-33H,1-2H3. The van der Waals surface area contributed by atoms with E-state index in [4.69, 9.17) is 4.42 Å². The van der Waals surface area contributed by atoms with Crippen molar-refractivity contribution in [3.63, 3.8) is 0 Å². The lowest BCUT2D eigenvalue weighted by Crippen LogP contribution is -2.14. The first-order chi connectivity index (χ1) is 26.1. The van der Waals surface area contributed by atoms with Crippen LogP contribution in [0.2, 0.25) is 0 Å². The van der Waals surface area contributed by atoms with Crippen LogP contribution in [0.3, 0.4) is 0 Å². The van der Waals surface area contributed by atoms with Gasteiger partial charge in [-0.05, 0) is 86.5 Å². The van der Waals surface area contributed by atoms with Crippen LogP contribution >= 0.6 is 0 Å². The molecule has 53 heavy (non-hydrogen) atoms. The summed E-state index contributed by atoms with van der Waals surface area (Å²) in [6.07, 6.45) is 0. The molecular weight excluding hydrogens is 643 g/mol. The molecule has 0 aliphatic heterocycles. The summed E-state index contributed by atoms with van der Waals surface area (Å²) in [5.74, 6) is 0. The number of benzene rings is 8. The molecule has 10 rings (SSSR count). The van der Waals surface area contributed by atoms with Crippen molar-refractivity contribution in [3.8, 4) is 44.5 Å². The van der Waals surface area contributed by atoms with Gasteiger partial charge in [-0.1, -0.05) is 166 Å². The van der Waals surface area contributed by atoms with Gasteiger partial charge in [0.15, 0.2) is 5.58 Å². The molecule has 0 bridgehead atoms. The summed E-state index contributed by atoms with van der Waals surface area (Å²) in [6.45, 7) is 4.68. The van der Waals surface area contributed by atoms with Crippen molar-refractivity contribution in [1.29, 1.82) is 0 Å². The molecule has 0 unspecified atom stereocenters. The molecule has 1 aromatic heterocycles. The number of fused-ring (bicyclic) bond motifs is 6. The summed E-state index contributed by atoms with van der Waals surface area (Å²) in [6, 6.07) is 67.5. The van der Waals surface area contributed by atoms with Crippen molar-refractivity contribution >= 4 is 39.0 Å². The molecule has 0 atom stereocenters. The molecule has 1 aliphatic rings. The van der Waals surface area contributed by atoms with Crippen LogP contribution in [0.1, 0.15) is 25.0 Å². The van der Waals surface area contributed by atoms with Gasteiger partial charge >= 0.3 is 0 Å². The van der Waals surface area contributed by atoms with E-state index in [2.05, 4.69) is 207 Å². The Kier molecular flexibility index (Phi) is 7.19. The second-order valence-electron chi connectivity index (χ2n) is 14.5. The molecule has 0 spiro atoms. The Morgan fingerprint density at radius 1 is 0.434 bits per heavy atom. The van der Waals surface area contributed by atoms with Crippen LogP contribution in [0, 0.1) is 0 Å². The van der Waals surface area contributed by atoms with Gasteiger partial charge in [-0.25, -0.2) is 0 Å². The Morgan fingerprint density at radius 3 is 1.53 bits per heavy atom. The molecule has 0 saturated heterocycles. The zero-order valence-corrected chi connectivity index (χ0v) is 29.8. The molecule has 0 amide bonds. The van der Waals surface area contributed by atoms with E-state index in [1.807, 2.05) is 0 Å². The van der Waals surface area contributed by atoms with E-state index in [1.54, 1.807) is 0 Å². The number of rotatable bonds is 6. The molecule has 0 radical (unpaired) electrons. The summed E-state index contributed by atoms with van der Waals surface area (Å²) in [4.78, 5) is 2.34. The largest absolute Gasteiger partial charge is 0.454 e. The predicted molar refractivity (Wildman–Crippen MR) is 222 cm³/mol. The molecule has 0 saturated carbocycles. The van der Waals surface area contributed by atoms with Gasteiger partial charge in [0.2, 0.25) is 0 Å². The monoisotopic (exact) mass is 679 g/mol. The second kappa shape index (κ2) is 12.3. The summed E-state index contributed by atoms with van der Waals surface area (Å²) in [7, 11) is 0. The predicted octanol–water partition coefficient (Wildman–Crippen LogP) is 14.4. The number of hydrogen-bond donors (Lipinski definition) is 0. The molecule has 0 N–H and O–H groups in total. The van der Waals surface area contributed by atoms with Crippen molar-refractivity contribution in [2.45, 2.75) is 19.3 Å². The van der Waals surface area contributed by atoms with Crippen LogP contribution in [0.25, 0.3) is 66.4 Å². The maximum Gasteiger partial charge on any atom is 0.159 e. The molecule has 2 heteroatoms. The van der Waals surface area contributed by atoms with E-state index in [0.717, 1.165) is 39.0 Å². The number of para-hydroxylation sites is 1. The molecule has 0 fully saturated rings. The highest BCUT2D eigenvalue weighted by Crippen LogP contribution is 2.56. The van der Waals surface area contributed by atoms with Gasteiger partial charge < -0.3 is 9.32 Å². The minimum absolute atomic E-state index is 0.168. The minimum atomic E-state index is -0.168. The Morgan fingerprint density at radius 2 is 0.943 bits per heavy atom. The van der Waals surface area contributed by atoms with Gasteiger partial charge in [-0.2, -0.15) is 0 Å². The first kappa shape index (κ1) is 31.1. The fourth-order valence-corrected chi connectivity index (χ4v) is 8.47. The number of nitrogens with zero attached hydrogens (tertiary/aromatic N) is 1. The SMILES string of the molecule is CC1(C)c2ccccc2-c2c1cc1oc3c(N(c4ccc(-c5ccccc5)cc4)c4ccc(-c5ccccc5)cc4)cccc3c1c2-c1ccccc1. The van der Waals surface area contributed by atoms with Crippen molar-refractivity contribution in [2.75, 3.05) is 4.90 Å². The molecule has 252 valence electrons. The Bertz CT molecular complexity index is 2680. The van der Waals surface area contributed by atoms with Gasteiger partial charge in [0.25, 0.3) is 0 Å². The van der Waals surface area contributed by atoms with E-state index >= 15 is 0 Å². The maximum absolute atomic E-state index is 7.13. The Labute approximate surface area is 310 Å². The van der Waals surface area contributed by atoms with Crippen LogP contribution in [-0.4, -0.2) is 0 Å². The zero-order valence-electron chi connectivity index (χ0n) is 29.8. The zero-order chi connectivity index (χ0) is 35.5. The highest BCUT2D eigenvalue weighted by atomic mass is 16.3. The normalized spacial score (nSPS) is 12.9. The molecule has 8 aromatic carbocycles. The highest BCUT2D eigenvalue weighted by Gasteiger charge is 2.38. The van der Waals surface area contributed by atoms with E-state index < -0.39 is 0 Å². The van der Waals surface area contributed by atoms with Crippen molar-refractivity contribution in [1.82, 2.24) is 0 Å². The average Bonchev–Trinajstić information content (AvgIpc) is 3.71. The lowest BCUT2D eigenvalue weighted by molar-refractivity contribution is 0.647. The molecule has 9 aromatic rings. The van der Waals surface area contributed by atoms with Crippen molar-refractivity contribution < 1.29 is 4.42 Å². The molecule has 1 heterocycles. The van der Waals surface area contributed by atoms with Gasteiger partial charge in [-0.15, -0.1) is 0 Å². The second-order valence-corrected chi connectivity index (χ2v) is 14.5. The molecule has 2 nitrogen and oxygen atoms in total. The summed E-state index contributed by atoms with van der Waals surface area (Å²) in [5.41, 5.74) is 17.2. The highest BCUT2D eigenvalue weighted by molar-refractivity contribution is 6.20. The Hall–Kier alpha value is -6.64. The third kappa shape index (κ3) is 5.02. The summed E-state index contributed by atoms with van der Waals surface area (Å²) < 4.78 is 7.13. The van der Waals surface area contributed by atoms with Crippen LogP contribution in [0.15, 0.2) is 192 Å².